The van der Waals surface area contributed by atoms with Crippen LogP contribution in [0.3, 0.4) is 0 Å². The Bertz CT molecular complexity index is 613. The average molecular weight is 271 g/mol. The summed E-state index contributed by atoms with van der Waals surface area (Å²) >= 11 is 0. The molecule has 0 aromatic heterocycles. The van der Waals surface area contributed by atoms with Gasteiger partial charge in [-0.25, -0.2) is 4.39 Å². The number of hydrogen-bond donors (Lipinski definition) is 1. The number of aryl methyl sites for hydroxylation is 2. The molecule has 0 amide bonds. The Kier molecular flexibility index (Phi) is 3.70. The number of benzene rings is 2. The maximum absolute atomic E-state index is 13.4. The van der Waals surface area contributed by atoms with Crippen LogP contribution in [0.2, 0.25) is 0 Å². The Morgan fingerprint density at radius 3 is 2.75 bits per heavy atom. The molecule has 0 spiro atoms. The molecule has 0 unspecified atom stereocenters. The third-order valence-electron chi connectivity index (χ3n) is 3.81. The summed E-state index contributed by atoms with van der Waals surface area (Å²) in [7, 11) is 0. The third kappa shape index (κ3) is 2.68. The molecule has 2 aromatic rings. The molecule has 20 heavy (non-hydrogen) atoms. The standard InChI is InChI=1S/C17H18FNO/c18-17-7-4-12(8-15(17)10-19)11-20-16-6-5-13-2-1-3-14(13)9-16/h4-9H,1-3,10-11,19H2. The number of halogens is 1. The van der Waals surface area contributed by atoms with Gasteiger partial charge in [0, 0.05) is 12.1 Å². The van der Waals surface area contributed by atoms with Crippen LogP contribution in [-0.4, -0.2) is 0 Å². The van der Waals surface area contributed by atoms with Crippen molar-refractivity contribution in [2.24, 2.45) is 5.73 Å². The predicted molar refractivity (Wildman–Crippen MR) is 77.1 cm³/mol. The number of rotatable bonds is 4. The second-order valence-electron chi connectivity index (χ2n) is 5.20. The van der Waals surface area contributed by atoms with Crippen molar-refractivity contribution in [1.29, 1.82) is 0 Å². The summed E-state index contributed by atoms with van der Waals surface area (Å²) < 4.78 is 19.2. The van der Waals surface area contributed by atoms with E-state index >= 15 is 0 Å². The molecule has 2 aromatic carbocycles. The number of fused-ring (bicyclic) bond motifs is 1. The van der Waals surface area contributed by atoms with Crippen LogP contribution in [0.5, 0.6) is 5.75 Å². The third-order valence-corrected chi connectivity index (χ3v) is 3.81. The molecule has 104 valence electrons. The lowest BCUT2D eigenvalue weighted by atomic mass is 10.1. The van der Waals surface area contributed by atoms with Crippen molar-refractivity contribution in [2.45, 2.75) is 32.4 Å². The van der Waals surface area contributed by atoms with Gasteiger partial charge in [-0.1, -0.05) is 12.1 Å². The van der Waals surface area contributed by atoms with Gasteiger partial charge >= 0.3 is 0 Å². The van der Waals surface area contributed by atoms with Crippen LogP contribution in [0.1, 0.15) is 28.7 Å². The smallest absolute Gasteiger partial charge is 0.127 e. The highest BCUT2D eigenvalue weighted by molar-refractivity contribution is 5.38. The Morgan fingerprint density at radius 2 is 1.90 bits per heavy atom. The van der Waals surface area contributed by atoms with Gasteiger partial charge in [0.2, 0.25) is 0 Å². The first kappa shape index (κ1) is 13.1. The van der Waals surface area contributed by atoms with Crippen LogP contribution < -0.4 is 10.5 Å². The van der Waals surface area contributed by atoms with Gasteiger partial charge in [-0.05, 0) is 60.2 Å². The number of ether oxygens (including phenoxy) is 1. The molecule has 0 aliphatic heterocycles. The van der Waals surface area contributed by atoms with Crippen LogP contribution in [0, 0.1) is 5.82 Å². The largest absolute Gasteiger partial charge is 0.489 e. The molecule has 0 heterocycles. The van der Waals surface area contributed by atoms with Crippen molar-refractivity contribution in [2.75, 3.05) is 0 Å². The van der Waals surface area contributed by atoms with Crippen molar-refractivity contribution in [3.05, 3.63) is 64.5 Å². The van der Waals surface area contributed by atoms with E-state index in [0.717, 1.165) is 17.7 Å². The highest BCUT2D eigenvalue weighted by Gasteiger charge is 2.11. The first-order valence-corrected chi connectivity index (χ1v) is 6.98. The summed E-state index contributed by atoms with van der Waals surface area (Å²) in [5.74, 6) is 0.623. The van der Waals surface area contributed by atoms with Crippen molar-refractivity contribution in [3.8, 4) is 5.75 Å². The minimum atomic E-state index is -0.256. The minimum absolute atomic E-state index is 0.207. The highest BCUT2D eigenvalue weighted by Crippen LogP contribution is 2.26. The van der Waals surface area contributed by atoms with Crippen LogP contribution in [0.4, 0.5) is 4.39 Å². The average Bonchev–Trinajstić information content (AvgIpc) is 2.94. The Labute approximate surface area is 118 Å². The molecule has 1 aliphatic carbocycles. The quantitative estimate of drug-likeness (QED) is 0.925. The lowest BCUT2D eigenvalue weighted by Gasteiger charge is -2.09. The summed E-state index contributed by atoms with van der Waals surface area (Å²) in [6, 6.07) is 11.2. The highest BCUT2D eigenvalue weighted by atomic mass is 19.1. The molecule has 0 saturated heterocycles. The Hall–Kier alpha value is -1.87. The fourth-order valence-electron chi connectivity index (χ4n) is 2.68. The van der Waals surface area contributed by atoms with E-state index < -0.39 is 0 Å². The maximum Gasteiger partial charge on any atom is 0.127 e. The van der Waals surface area contributed by atoms with Gasteiger partial charge in [-0.15, -0.1) is 0 Å². The topological polar surface area (TPSA) is 35.2 Å². The predicted octanol–water partition coefficient (Wildman–Crippen LogP) is 3.35. The lowest BCUT2D eigenvalue weighted by molar-refractivity contribution is 0.305. The first-order valence-electron chi connectivity index (χ1n) is 6.98. The zero-order valence-corrected chi connectivity index (χ0v) is 11.4. The van der Waals surface area contributed by atoms with E-state index in [0.29, 0.717) is 12.2 Å². The Morgan fingerprint density at radius 1 is 1.05 bits per heavy atom. The molecule has 2 nitrogen and oxygen atoms in total. The minimum Gasteiger partial charge on any atom is -0.489 e. The molecule has 3 rings (SSSR count). The molecule has 0 fully saturated rings. The maximum atomic E-state index is 13.4. The fraction of sp³-hybridized carbons (Fsp3) is 0.294. The van der Waals surface area contributed by atoms with Gasteiger partial charge in [-0.3, -0.25) is 0 Å². The summed E-state index contributed by atoms with van der Waals surface area (Å²) in [4.78, 5) is 0. The molecule has 0 saturated carbocycles. The van der Waals surface area contributed by atoms with Crippen LogP contribution >= 0.6 is 0 Å². The normalized spacial score (nSPS) is 13.3. The van der Waals surface area contributed by atoms with Crippen molar-refractivity contribution in [3.63, 3.8) is 0 Å². The second-order valence-corrected chi connectivity index (χ2v) is 5.20. The SMILES string of the molecule is NCc1cc(COc2ccc3c(c2)CCC3)ccc1F. The van der Waals surface area contributed by atoms with E-state index in [1.165, 1.54) is 30.0 Å². The monoisotopic (exact) mass is 271 g/mol. The zero-order chi connectivity index (χ0) is 13.9. The fourth-order valence-corrected chi connectivity index (χ4v) is 2.68. The summed E-state index contributed by atoms with van der Waals surface area (Å²) in [6.45, 7) is 0.643. The van der Waals surface area contributed by atoms with E-state index in [4.69, 9.17) is 10.5 Å². The molecule has 2 N–H and O–H groups in total. The van der Waals surface area contributed by atoms with Crippen LogP contribution in [-0.2, 0) is 26.0 Å². The molecule has 0 bridgehead atoms. The van der Waals surface area contributed by atoms with E-state index in [9.17, 15) is 4.39 Å². The van der Waals surface area contributed by atoms with Crippen molar-refractivity contribution < 1.29 is 9.13 Å². The second kappa shape index (κ2) is 5.63. The van der Waals surface area contributed by atoms with E-state index in [2.05, 4.69) is 12.1 Å². The summed E-state index contributed by atoms with van der Waals surface area (Å²) in [6.07, 6.45) is 3.55. The molecule has 1 aliphatic rings. The zero-order valence-electron chi connectivity index (χ0n) is 11.4. The van der Waals surface area contributed by atoms with E-state index in [1.807, 2.05) is 6.07 Å². The Balaban J connectivity index is 1.70. The molecule has 0 atom stereocenters. The van der Waals surface area contributed by atoms with Crippen molar-refractivity contribution >= 4 is 0 Å². The van der Waals surface area contributed by atoms with Gasteiger partial charge in [0.1, 0.15) is 18.2 Å². The van der Waals surface area contributed by atoms with Gasteiger partial charge < -0.3 is 10.5 Å². The van der Waals surface area contributed by atoms with Gasteiger partial charge in [0.05, 0.1) is 0 Å². The lowest BCUT2D eigenvalue weighted by Crippen LogP contribution is -2.03. The molecular weight excluding hydrogens is 253 g/mol. The number of hydrogen-bond acceptors (Lipinski definition) is 2. The number of nitrogens with two attached hydrogens (primary N) is 1. The van der Waals surface area contributed by atoms with Gasteiger partial charge in [0.15, 0.2) is 0 Å². The summed E-state index contributed by atoms with van der Waals surface area (Å²) in [5.41, 5.74) is 9.80. The van der Waals surface area contributed by atoms with E-state index in [1.54, 1.807) is 12.1 Å². The van der Waals surface area contributed by atoms with Crippen LogP contribution in [0.25, 0.3) is 0 Å². The molecule has 0 radical (unpaired) electrons. The van der Waals surface area contributed by atoms with Crippen molar-refractivity contribution in [1.82, 2.24) is 0 Å². The van der Waals surface area contributed by atoms with Gasteiger partial charge in [-0.2, -0.15) is 0 Å². The first-order chi connectivity index (χ1) is 9.76. The van der Waals surface area contributed by atoms with Crippen LogP contribution in [0.15, 0.2) is 36.4 Å². The van der Waals surface area contributed by atoms with E-state index in [-0.39, 0.29) is 12.4 Å². The van der Waals surface area contributed by atoms with Gasteiger partial charge in [0.25, 0.3) is 0 Å². The summed E-state index contributed by atoms with van der Waals surface area (Å²) in [5, 5.41) is 0. The molecule has 3 heteroatoms. The molecular formula is C17H18FNO.